The van der Waals surface area contributed by atoms with Crippen LogP contribution in [0.15, 0.2) is 36.7 Å². The molecule has 0 unspecified atom stereocenters. The lowest BCUT2D eigenvalue weighted by Crippen LogP contribution is -2.34. The van der Waals surface area contributed by atoms with Gasteiger partial charge in [0.1, 0.15) is 29.7 Å². The van der Waals surface area contributed by atoms with Gasteiger partial charge in [0.2, 0.25) is 0 Å². The van der Waals surface area contributed by atoms with Crippen LogP contribution in [0, 0.1) is 5.82 Å². The number of fused-ring (bicyclic) bond motifs is 2. The van der Waals surface area contributed by atoms with Crippen LogP contribution in [0.2, 0.25) is 0 Å². The van der Waals surface area contributed by atoms with Crippen LogP contribution >= 0.6 is 0 Å². The molecule has 3 aromatic rings. The van der Waals surface area contributed by atoms with Crippen LogP contribution in [0.3, 0.4) is 0 Å². The fourth-order valence-corrected chi connectivity index (χ4v) is 4.76. The van der Waals surface area contributed by atoms with Crippen LogP contribution < -0.4 is 10.5 Å². The minimum absolute atomic E-state index is 0.227. The number of likely N-dealkylation sites (N-methyl/N-ethyl adjacent to an activating group) is 1. The molecular weight excluding hydrogens is 387 g/mol. The second kappa shape index (κ2) is 7.23. The molecule has 1 aliphatic heterocycles. The van der Waals surface area contributed by atoms with Gasteiger partial charge in [0.25, 0.3) is 0 Å². The zero-order valence-corrected chi connectivity index (χ0v) is 16.7. The molecule has 0 spiro atoms. The van der Waals surface area contributed by atoms with Gasteiger partial charge in [0.15, 0.2) is 5.82 Å². The van der Waals surface area contributed by atoms with Crippen molar-refractivity contribution in [3.63, 3.8) is 0 Å². The first-order valence-corrected chi connectivity index (χ1v) is 10.2. The number of aliphatic hydroxyl groups is 2. The molecule has 0 saturated heterocycles. The molecular formula is C22H25FN4O3. The van der Waals surface area contributed by atoms with E-state index in [4.69, 9.17) is 10.5 Å². The SMILES string of the molecule is CN1CCc2c(cccc2O[C@H]2C[C@@H](n3cc(F)c4c(N)ccnc43)[C@H](O)[C@@H]2O)C1. The highest BCUT2D eigenvalue weighted by molar-refractivity contribution is 5.89. The van der Waals surface area contributed by atoms with E-state index in [1.54, 1.807) is 4.57 Å². The Morgan fingerprint density at radius 2 is 2.07 bits per heavy atom. The van der Waals surface area contributed by atoms with Gasteiger partial charge < -0.3 is 30.2 Å². The van der Waals surface area contributed by atoms with E-state index in [1.807, 2.05) is 12.1 Å². The van der Waals surface area contributed by atoms with Gasteiger partial charge in [-0.25, -0.2) is 9.37 Å². The van der Waals surface area contributed by atoms with Gasteiger partial charge in [-0.2, -0.15) is 0 Å². The van der Waals surface area contributed by atoms with E-state index in [9.17, 15) is 14.6 Å². The summed E-state index contributed by atoms with van der Waals surface area (Å²) in [6, 6.07) is 6.91. The topological polar surface area (TPSA) is 96.8 Å². The molecule has 0 amide bonds. The number of pyridine rings is 1. The molecule has 2 aliphatic rings. The molecule has 158 valence electrons. The molecule has 7 nitrogen and oxygen atoms in total. The Bertz CT molecular complexity index is 1100. The Kier molecular flexibility index (Phi) is 4.65. The summed E-state index contributed by atoms with van der Waals surface area (Å²) in [5, 5.41) is 21.7. The average Bonchev–Trinajstić information content (AvgIpc) is 3.20. The zero-order chi connectivity index (χ0) is 21.0. The van der Waals surface area contributed by atoms with E-state index >= 15 is 0 Å². The van der Waals surface area contributed by atoms with Gasteiger partial charge in [0.05, 0.1) is 11.4 Å². The molecule has 2 aromatic heterocycles. The molecule has 5 rings (SSSR count). The van der Waals surface area contributed by atoms with Crippen LogP contribution in [0.5, 0.6) is 5.75 Å². The Morgan fingerprint density at radius 1 is 1.23 bits per heavy atom. The minimum atomic E-state index is -1.11. The van der Waals surface area contributed by atoms with Crippen molar-refractivity contribution in [2.24, 2.45) is 0 Å². The normalized spacial score (nSPS) is 26.8. The minimum Gasteiger partial charge on any atom is -0.487 e. The summed E-state index contributed by atoms with van der Waals surface area (Å²) in [5.41, 5.74) is 8.90. The summed E-state index contributed by atoms with van der Waals surface area (Å²) in [6.07, 6.45) is 1.17. The Balaban J connectivity index is 1.44. The maximum absolute atomic E-state index is 14.5. The second-order valence-electron chi connectivity index (χ2n) is 8.31. The number of hydrogen-bond donors (Lipinski definition) is 3. The van der Waals surface area contributed by atoms with Gasteiger partial charge in [-0.15, -0.1) is 0 Å². The number of anilines is 1. The molecule has 0 bridgehead atoms. The Labute approximate surface area is 173 Å². The molecule has 1 fully saturated rings. The van der Waals surface area contributed by atoms with E-state index in [0.717, 1.165) is 30.8 Å². The lowest BCUT2D eigenvalue weighted by atomic mass is 9.99. The number of hydrogen-bond acceptors (Lipinski definition) is 6. The third-order valence-corrected chi connectivity index (χ3v) is 6.35. The number of benzene rings is 1. The molecule has 1 aromatic carbocycles. The largest absolute Gasteiger partial charge is 0.487 e. The van der Waals surface area contributed by atoms with Crippen molar-refractivity contribution >= 4 is 16.7 Å². The first kappa shape index (κ1) is 19.3. The van der Waals surface area contributed by atoms with Gasteiger partial charge in [0, 0.05) is 37.6 Å². The van der Waals surface area contributed by atoms with E-state index in [-0.39, 0.29) is 11.1 Å². The Hall–Kier alpha value is -2.68. The Morgan fingerprint density at radius 3 is 2.90 bits per heavy atom. The summed E-state index contributed by atoms with van der Waals surface area (Å²) < 4.78 is 22.3. The summed E-state index contributed by atoms with van der Waals surface area (Å²) in [6.45, 7) is 1.79. The molecule has 4 N–H and O–H groups in total. The molecule has 4 atom stereocenters. The fraction of sp³-hybridized carbons (Fsp3) is 0.409. The molecule has 30 heavy (non-hydrogen) atoms. The number of ether oxygens (including phenoxy) is 1. The number of halogens is 1. The number of aliphatic hydroxyl groups excluding tert-OH is 2. The van der Waals surface area contributed by atoms with Gasteiger partial charge in [-0.05, 0) is 36.7 Å². The molecule has 3 heterocycles. The molecule has 1 saturated carbocycles. The van der Waals surface area contributed by atoms with Crippen molar-refractivity contribution in [3.05, 3.63) is 53.6 Å². The van der Waals surface area contributed by atoms with E-state index in [1.165, 1.54) is 24.0 Å². The monoisotopic (exact) mass is 412 g/mol. The maximum atomic E-state index is 14.5. The summed E-state index contributed by atoms with van der Waals surface area (Å²) >= 11 is 0. The van der Waals surface area contributed by atoms with Crippen molar-refractivity contribution < 1.29 is 19.3 Å². The predicted octanol–water partition coefficient (Wildman–Crippen LogP) is 1.86. The summed E-state index contributed by atoms with van der Waals surface area (Å²) in [7, 11) is 2.08. The standard InChI is InChI=1S/C22H25FN4O3/c1-26-8-6-13-12(10-26)3-2-4-17(13)30-18-9-16(20(28)21(18)29)27-11-14(23)19-15(24)5-7-25-22(19)27/h2-5,7,11,16,18,20-21,28-29H,6,8-10H2,1H3,(H2,24,25)/t16-,18+,20+,21-/m1/s1. The average molecular weight is 412 g/mol. The highest BCUT2D eigenvalue weighted by Crippen LogP contribution is 2.38. The first-order chi connectivity index (χ1) is 14.4. The van der Waals surface area contributed by atoms with Crippen LogP contribution in [-0.2, 0) is 13.0 Å². The van der Waals surface area contributed by atoms with E-state index < -0.39 is 30.2 Å². The lowest BCUT2D eigenvalue weighted by molar-refractivity contribution is -0.0167. The third kappa shape index (κ3) is 3.03. The van der Waals surface area contributed by atoms with E-state index in [2.05, 4.69) is 23.0 Å². The summed E-state index contributed by atoms with van der Waals surface area (Å²) in [4.78, 5) is 6.50. The maximum Gasteiger partial charge on any atom is 0.152 e. The van der Waals surface area contributed by atoms with Crippen molar-refractivity contribution in [1.29, 1.82) is 0 Å². The lowest BCUT2D eigenvalue weighted by Gasteiger charge is -2.28. The number of nitrogen functional groups attached to an aromatic ring is 1. The highest BCUT2D eigenvalue weighted by atomic mass is 19.1. The predicted molar refractivity (Wildman–Crippen MR) is 111 cm³/mol. The zero-order valence-electron chi connectivity index (χ0n) is 16.7. The molecule has 1 aliphatic carbocycles. The summed E-state index contributed by atoms with van der Waals surface area (Å²) in [5.74, 6) is 0.242. The van der Waals surface area contributed by atoms with Crippen LogP contribution in [0.4, 0.5) is 10.1 Å². The number of aromatic nitrogens is 2. The fourth-order valence-electron chi connectivity index (χ4n) is 4.76. The van der Waals surface area contributed by atoms with Crippen molar-refractivity contribution in [3.8, 4) is 5.75 Å². The van der Waals surface area contributed by atoms with Gasteiger partial charge >= 0.3 is 0 Å². The smallest absolute Gasteiger partial charge is 0.152 e. The third-order valence-electron chi connectivity index (χ3n) is 6.35. The van der Waals surface area contributed by atoms with Crippen LogP contribution in [0.1, 0.15) is 23.6 Å². The van der Waals surface area contributed by atoms with Crippen molar-refractivity contribution in [1.82, 2.24) is 14.5 Å². The quantitative estimate of drug-likeness (QED) is 0.608. The van der Waals surface area contributed by atoms with Crippen molar-refractivity contribution in [2.75, 3.05) is 19.3 Å². The number of nitrogens with two attached hydrogens (primary N) is 1. The first-order valence-electron chi connectivity index (χ1n) is 10.2. The van der Waals surface area contributed by atoms with E-state index in [0.29, 0.717) is 12.1 Å². The van der Waals surface area contributed by atoms with Crippen LogP contribution in [0.25, 0.3) is 11.0 Å². The molecule has 0 radical (unpaired) electrons. The van der Waals surface area contributed by atoms with Gasteiger partial charge in [-0.3, -0.25) is 0 Å². The molecule has 8 heteroatoms. The van der Waals surface area contributed by atoms with Crippen LogP contribution in [-0.4, -0.2) is 56.6 Å². The number of nitrogens with zero attached hydrogens (tertiary/aromatic N) is 3. The highest BCUT2D eigenvalue weighted by Gasteiger charge is 2.45. The van der Waals surface area contributed by atoms with Gasteiger partial charge in [-0.1, -0.05) is 12.1 Å². The second-order valence-corrected chi connectivity index (χ2v) is 8.31. The number of rotatable bonds is 3. The van der Waals surface area contributed by atoms with Crippen molar-refractivity contribution in [2.45, 2.75) is 43.7 Å².